The van der Waals surface area contributed by atoms with Crippen LogP contribution in [-0.2, 0) is 9.59 Å². The molecule has 5 nitrogen and oxygen atoms in total. The molecule has 1 N–H and O–H groups in total. The zero-order valence-electron chi connectivity index (χ0n) is 15.5. The second-order valence-corrected chi connectivity index (χ2v) is 8.91. The summed E-state index contributed by atoms with van der Waals surface area (Å²) in [6, 6.07) is 15.3. The van der Waals surface area contributed by atoms with Gasteiger partial charge in [0.15, 0.2) is 4.87 Å². The van der Waals surface area contributed by atoms with Crippen molar-refractivity contribution >= 4 is 35.0 Å². The first-order chi connectivity index (χ1) is 13.7. The van der Waals surface area contributed by atoms with Crippen LogP contribution in [0.4, 0.5) is 11.4 Å². The molecule has 144 valence electrons. The van der Waals surface area contributed by atoms with Crippen LogP contribution < -0.4 is 15.0 Å². The number of hydrogen-bond acceptors (Lipinski definition) is 4. The van der Waals surface area contributed by atoms with Crippen LogP contribution in [0, 0.1) is 0 Å². The molecule has 2 fully saturated rings. The SMILES string of the molecule is O=C1CCC2(C(=O)Nc3cccc(OC4CCCC4)c3)Sc3ccccc3N12. The maximum atomic E-state index is 13.3. The summed E-state index contributed by atoms with van der Waals surface area (Å²) < 4.78 is 6.05. The van der Waals surface area contributed by atoms with Crippen molar-refractivity contribution in [3.63, 3.8) is 0 Å². The van der Waals surface area contributed by atoms with E-state index in [1.807, 2.05) is 48.5 Å². The monoisotopic (exact) mass is 394 g/mol. The Hall–Kier alpha value is -2.47. The number of thioether (sulfide) groups is 1. The second kappa shape index (κ2) is 6.85. The molecule has 5 rings (SSSR count). The van der Waals surface area contributed by atoms with Gasteiger partial charge in [0.2, 0.25) is 5.91 Å². The van der Waals surface area contributed by atoms with E-state index in [0.29, 0.717) is 18.5 Å². The summed E-state index contributed by atoms with van der Waals surface area (Å²) in [4.78, 5) is 27.6. The molecule has 1 atom stereocenters. The lowest BCUT2D eigenvalue weighted by molar-refractivity contribution is -0.121. The predicted molar refractivity (Wildman–Crippen MR) is 110 cm³/mol. The standard InChI is InChI=1S/C22H22N2O3S/c25-20-12-13-22(24(20)18-10-3-4-11-19(18)28-22)21(26)23-15-6-5-9-17(14-15)27-16-7-1-2-8-16/h3-6,9-11,14,16H,1-2,7-8,12-13H2,(H,23,26). The van der Waals surface area contributed by atoms with Crippen LogP contribution in [0.1, 0.15) is 38.5 Å². The Morgan fingerprint density at radius 3 is 2.82 bits per heavy atom. The van der Waals surface area contributed by atoms with E-state index in [0.717, 1.165) is 29.2 Å². The molecule has 2 aromatic rings. The molecule has 0 radical (unpaired) electrons. The summed E-state index contributed by atoms with van der Waals surface area (Å²) in [5.74, 6) is 0.632. The Morgan fingerprint density at radius 2 is 1.96 bits per heavy atom. The molecule has 0 bridgehead atoms. The number of ether oxygens (including phenoxy) is 1. The molecule has 6 heteroatoms. The number of hydrogen-bond donors (Lipinski definition) is 1. The smallest absolute Gasteiger partial charge is 0.261 e. The molecule has 1 saturated carbocycles. The van der Waals surface area contributed by atoms with Crippen molar-refractivity contribution in [1.82, 2.24) is 0 Å². The van der Waals surface area contributed by atoms with Crippen molar-refractivity contribution in [3.8, 4) is 5.75 Å². The summed E-state index contributed by atoms with van der Waals surface area (Å²) in [6.45, 7) is 0. The van der Waals surface area contributed by atoms with Crippen LogP contribution in [0.15, 0.2) is 53.4 Å². The fourth-order valence-corrected chi connectivity index (χ4v) is 5.79. The van der Waals surface area contributed by atoms with E-state index < -0.39 is 4.87 Å². The Morgan fingerprint density at radius 1 is 1.14 bits per heavy atom. The average Bonchev–Trinajstić information content (AvgIpc) is 3.39. The van der Waals surface area contributed by atoms with Gasteiger partial charge in [0.1, 0.15) is 5.75 Å². The molecule has 2 aliphatic heterocycles. The molecule has 1 aliphatic carbocycles. The third-order valence-corrected chi connectivity index (χ3v) is 7.20. The molecule has 2 amide bonds. The fraction of sp³-hybridized carbons (Fsp3) is 0.364. The lowest BCUT2D eigenvalue weighted by atomic mass is 10.1. The second-order valence-electron chi connectivity index (χ2n) is 7.59. The number of nitrogens with one attached hydrogen (secondary N) is 1. The zero-order chi connectivity index (χ0) is 19.1. The fourth-order valence-electron chi connectivity index (χ4n) is 4.37. The van der Waals surface area contributed by atoms with Gasteiger partial charge in [-0.05, 0) is 56.4 Å². The topological polar surface area (TPSA) is 58.6 Å². The Kier molecular flexibility index (Phi) is 4.31. The minimum Gasteiger partial charge on any atom is -0.490 e. The van der Waals surface area contributed by atoms with Gasteiger partial charge in [0, 0.05) is 23.1 Å². The van der Waals surface area contributed by atoms with Crippen molar-refractivity contribution in [2.75, 3.05) is 10.2 Å². The Bertz CT molecular complexity index is 941. The first-order valence-corrected chi connectivity index (χ1v) is 10.7. The Balaban J connectivity index is 1.38. The van der Waals surface area contributed by atoms with Crippen molar-refractivity contribution in [2.45, 2.75) is 54.4 Å². The molecule has 28 heavy (non-hydrogen) atoms. The summed E-state index contributed by atoms with van der Waals surface area (Å²) in [6.07, 6.45) is 5.77. The highest BCUT2D eigenvalue weighted by atomic mass is 32.2. The van der Waals surface area contributed by atoms with Gasteiger partial charge in [-0.15, -0.1) is 0 Å². The van der Waals surface area contributed by atoms with Crippen LogP contribution in [0.5, 0.6) is 5.75 Å². The third kappa shape index (κ3) is 2.87. The van der Waals surface area contributed by atoms with Crippen LogP contribution in [0.25, 0.3) is 0 Å². The van der Waals surface area contributed by atoms with Gasteiger partial charge in [-0.25, -0.2) is 0 Å². The number of fused-ring (bicyclic) bond motifs is 3. The van der Waals surface area contributed by atoms with Crippen molar-refractivity contribution in [2.24, 2.45) is 0 Å². The number of rotatable bonds is 4. The molecule has 1 saturated heterocycles. The summed E-state index contributed by atoms with van der Waals surface area (Å²) in [7, 11) is 0. The van der Waals surface area contributed by atoms with E-state index in [-0.39, 0.29) is 17.9 Å². The Labute approximate surface area is 168 Å². The van der Waals surface area contributed by atoms with Gasteiger partial charge in [-0.1, -0.05) is 30.0 Å². The number of anilines is 2. The summed E-state index contributed by atoms with van der Waals surface area (Å²) in [5.41, 5.74) is 1.54. The highest BCUT2D eigenvalue weighted by Gasteiger charge is 2.57. The molecule has 2 aromatic carbocycles. The molecule has 1 unspecified atom stereocenters. The maximum Gasteiger partial charge on any atom is 0.261 e. The van der Waals surface area contributed by atoms with Gasteiger partial charge < -0.3 is 10.1 Å². The number of carbonyl (C=O) groups is 2. The number of nitrogens with zero attached hydrogens (tertiary/aromatic N) is 1. The first kappa shape index (κ1) is 17.6. The van der Waals surface area contributed by atoms with Crippen LogP contribution >= 0.6 is 11.8 Å². The average molecular weight is 394 g/mol. The zero-order valence-corrected chi connectivity index (χ0v) is 16.3. The number of para-hydroxylation sites is 1. The third-order valence-electron chi connectivity index (χ3n) is 5.72. The quantitative estimate of drug-likeness (QED) is 0.825. The van der Waals surface area contributed by atoms with E-state index in [1.54, 1.807) is 4.90 Å². The first-order valence-electron chi connectivity index (χ1n) is 9.85. The van der Waals surface area contributed by atoms with Crippen molar-refractivity contribution in [3.05, 3.63) is 48.5 Å². The van der Waals surface area contributed by atoms with Crippen molar-refractivity contribution < 1.29 is 14.3 Å². The molecular weight excluding hydrogens is 372 g/mol. The summed E-state index contributed by atoms with van der Waals surface area (Å²) in [5, 5.41) is 3.03. The van der Waals surface area contributed by atoms with Crippen molar-refractivity contribution in [1.29, 1.82) is 0 Å². The molecular formula is C22H22N2O3S. The predicted octanol–water partition coefficient (Wildman–Crippen LogP) is 4.58. The number of benzene rings is 2. The summed E-state index contributed by atoms with van der Waals surface area (Å²) >= 11 is 1.48. The van der Waals surface area contributed by atoms with E-state index in [2.05, 4.69) is 5.32 Å². The van der Waals surface area contributed by atoms with Gasteiger partial charge in [0.05, 0.1) is 11.8 Å². The van der Waals surface area contributed by atoms with E-state index in [9.17, 15) is 9.59 Å². The van der Waals surface area contributed by atoms with Gasteiger partial charge in [0.25, 0.3) is 5.91 Å². The van der Waals surface area contributed by atoms with E-state index in [1.165, 1.54) is 24.6 Å². The molecule has 3 aliphatic rings. The van der Waals surface area contributed by atoms with Crippen LogP contribution in [0.3, 0.4) is 0 Å². The van der Waals surface area contributed by atoms with Crippen LogP contribution in [-0.4, -0.2) is 22.8 Å². The highest BCUT2D eigenvalue weighted by Crippen LogP contribution is 2.56. The molecule has 0 aromatic heterocycles. The number of carbonyl (C=O) groups excluding carboxylic acids is 2. The van der Waals surface area contributed by atoms with Crippen LogP contribution in [0.2, 0.25) is 0 Å². The van der Waals surface area contributed by atoms with Gasteiger partial charge >= 0.3 is 0 Å². The lowest BCUT2D eigenvalue weighted by Gasteiger charge is -2.29. The van der Waals surface area contributed by atoms with Gasteiger partial charge in [-0.3, -0.25) is 14.5 Å². The highest BCUT2D eigenvalue weighted by molar-refractivity contribution is 8.02. The van der Waals surface area contributed by atoms with E-state index >= 15 is 0 Å². The number of amides is 2. The lowest BCUT2D eigenvalue weighted by Crippen LogP contribution is -2.49. The normalized spacial score (nSPS) is 23.6. The van der Waals surface area contributed by atoms with E-state index in [4.69, 9.17) is 4.74 Å². The largest absolute Gasteiger partial charge is 0.490 e. The molecule has 0 spiro atoms. The minimum atomic E-state index is -0.900. The molecule has 2 heterocycles. The minimum absolute atomic E-state index is 0.00548. The maximum absolute atomic E-state index is 13.3. The van der Waals surface area contributed by atoms with Gasteiger partial charge in [-0.2, -0.15) is 0 Å².